The molecule has 31 heavy (non-hydrogen) atoms. The van der Waals surface area contributed by atoms with Gasteiger partial charge in [0, 0.05) is 16.4 Å². The molecule has 2 aromatic heterocycles. The number of hydrogen-bond acceptors (Lipinski definition) is 7. The molecule has 6 nitrogen and oxygen atoms in total. The quantitative estimate of drug-likeness (QED) is 0.550. The minimum Gasteiger partial charge on any atom is -0.487 e. The minimum atomic E-state index is -0.188. The van der Waals surface area contributed by atoms with Gasteiger partial charge in [0.15, 0.2) is 0 Å². The zero-order valence-electron chi connectivity index (χ0n) is 17.1. The number of ether oxygens (including phenoxy) is 1. The van der Waals surface area contributed by atoms with Gasteiger partial charge in [-0.25, -0.2) is 4.98 Å². The average molecular weight is 453 g/mol. The number of amides is 1. The van der Waals surface area contributed by atoms with Crippen molar-refractivity contribution in [3.05, 3.63) is 51.4 Å². The molecule has 0 atom stereocenters. The fourth-order valence-electron chi connectivity index (χ4n) is 6.22. The van der Waals surface area contributed by atoms with Crippen LogP contribution in [0.1, 0.15) is 59.6 Å². The summed E-state index contributed by atoms with van der Waals surface area (Å²) in [5.41, 5.74) is 3.41. The topological polar surface area (TPSA) is 77.0 Å². The normalized spacial score (nSPS) is 28.6. The van der Waals surface area contributed by atoms with Crippen molar-refractivity contribution in [1.82, 2.24) is 15.2 Å². The Morgan fingerprint density at radius 2 is 1.90 bits per heavy atom. The summed E-state index contributed by atoms with van der Waals surface area (Å²) >= 11 is 3.10. The highest BCUT2D eigenvalue weighted by Crippen LogP contribution is 2.61. The van der Waals surface area contributed by atoms with E-state index in [2.05, 4.69) is 20.5 Å². The van der Waals surface area contributed by atoms with E-state index in [1.807, 2.05) is 17.5 Å². The zero-order valence-corrected chi connectivity index (χ0v) is 18.8. The largest absolute Gasteiger partial charge is 0.487 e. The smallest absolute Gasteiger partial charge is 0.257 e. The summed E-state index contributed by atoms with van der Waals surface area (Å²) in [5, 5.41) is 15.5. The molecule has 160 valence electrons. The van der Waals surface area contributed by atoms with Crippen molar-refractivity contribution in [3.8, 4) is 5.75 Å². The number of hydrogen-bond donors (Lipinski definition) is 1. The molecule has 1 aromatic carbocycles. The molecule has 0 spiro atoms. The third-order valence-corrected chi connectivity index (χ3v) is 8.82. The van der Waals surface area contributed by atoms with Gasteiger partial charge in [0.1, 0.15) is 17.4 Å². The molecule has 4 aliphatic carbocycles. The summed E-state index contributed by atoms with van der Waals surface area (Å²) in [6.07, 6.45) is 7.97. The molecule has 4 saturated carbocycles. The van der Waals surface area contributed by atoms with Gasteiger partial charge in [-0.2, -0.15) is 0 Å². The highest BCUT2D eigenvalue weighted by Gasteiger charge is 2.53. The number of aromatic nitrogens is 3. The van der Waals surface area contributed by atoms with E-state index in [-0.39, 0.29) is 11.3 Å². The van der Waals surface area contributed by atoms with Crippen molar-refractivity contribution in [2.75, 3.05) is 5.32 Å². The molecule has 4 bridgehead atoms. The molecule has 4 fully saturated rings. The van der Waals surface area contributed by atoms with Crippen LogP contribution < -0.4 is 10.1 Å². The van der Waals surface area contributed by atoms with Crippen LogP contribution in [0.15, 0.2) is 35.2 Å². The molecule has 4 aliphatic rings. The van der Waals surface area contributed by atoms with Gasteiger partial charge in [-0.15, -0.1) is 21.5 Å². The number of carbonyl (C=O) groups excluding carboxylic acids is 1. The van der Waals surface area contributed by atoms with E-state index in [4.69, 9.17) is 4.74 Å². The first-order chi connectivity index (χ1) is 15.1. The molecule has 1 N–H and O–H groups in total. The maximum Gasteiger partial charge on any atom is 0.257 e. The van der Waals surface area contributed by atoms with E-state index in [9.17, 15) is 4.79 Å². The Morgan fingerprint density at radius 1 is 1.13 bits per heavy atom. The summed E-state index contributed by atoms with van der Waals surface area (Å²) < 4.78 is 5.77. The van der Waals surface area contributed by atoms with E-state index in [1.54, 1.807) is 29.0 Å². The first kappa shape index (κ1) is 19.4. The Balaban J connectivity index is 1.14. The monoisotopic (exact) mass is 452 g/mol. The second-order valence-electron chi connectivity index (χ2n) is 9.36. The van der Waals surface area contributed by atoms with Gasteiger partial charge in [0.25, 0.3) is 5.91 Å². The Labute approximate surface area is 189 Å². The van der Waals surface area contributed by atoms with E-state index in [0.717, 1.165) is 28.5 Å². The van der Waals surface area contributed by atoms with Gasteiger partial charge in [-0.1, -0.05) is 17.4 Å². The van der Waals surface area contributed by atoms with E-state index in [1.165, 1.54) is 49.9 Å². The molecule has 2 heterocycles. The number of anilines is 1. The SMILES string of the molecule is O=C(Nc1nnc(C23CC4CC(CC(C4)C2)C3)s1)c1cccc(OCc2cscn2)c1. The average Bonchev–Trinajstić information content (AvgIpc) is 3.44. The van der Waals surface area contributed by atoms with Crippen molar-refractivity contribution >= 4 is 33.7 Å². The minimum absolute atomic E-state index is 0.188. The van der Waals surface area contributed by atoms with Crippen LogP contribution in [-0.2, 0) is 12.0 Å². The van der Waals surface area contributed by atoms with Crippen molar-refractivity contribution in [1.29, 1.82) is 0 Å². The zero-order chi connectivity index (χ0) is 20.8. The van der Waals surface area contributed by atoms with Gasteiger partial charge in [-0.3, -0.25) is 10.1 Å². The predicted molar refractivity (Wildman–Crippen MR) is 121 cm³/mol. The maximum absolute atomic E-state index is 12.8. The molecule has 7 rings (SSSR count). The van der Waals surface area contributed by atoms with Crippen LogP contribution in [0.4, 0.5) is 5.13 Å². The van der Waals surface area contributed by atoms with Crippen molar-refractivity contribution in [2.24, 2.45) is 17.8 Å². The first-order valence-corrected chi connectivity index (χ1v) is 12.7. The maximum atomic E-state index is 12.8. The van der Waals surface area contributed by atoms with Gasteiger partial charge in [-0.05, 0) is 74.5 Å². The molecular formula is C23H24N4O2S2. The van der Waals surface area contributed by atoms with Crippen molar-refractivity contribution < 1.29 is 9.53 Å². The second-order valence-corrected chi connectivity index (χ2v) is 11.1. The van der Waals surface area contributed by atoms with Gasteiger partial charge in [0.2, 0.25) is 5.13 Å². The molecule has 0 unspecified atom stereocenters. The van der Waals surface area contributed by atoms with Crippen LogP contribution in [0.5, 0.6) is 5.75 Å². The van der Waals surface area contributed by atoms with E-state index >= 15 is 0 Å². The number of carbonyl (C=O) groups is 1. The van der Waals surface area contributed by atoms with Crippen molar-refractivity contribution in [3.63, 3.8) is 0 Å². The Hall–Kier alpha value is -2.32. The molecule has 0 saturated heterocycles. The number of nitrogens with zero attached hydrogens (tertiary/aromatic N) is 3. The van der Waals surface area contributed by atoms with Crippen LogP contribution in [0.25, 0.3) is 0 Å². The lowest BCUT2D eigenvalue weighted by atomic mass is 9.50. The summed E-state index contributed by atoms with van der Waals surface area (Å²) in [4.78, 5) is 17.0. The van der Waals surface area contributed by atoms with Crippen LogP contribution in [-0.4, -0.2) is 21.1 Å². The number of nitrogens with one attached hydrogen (secondary N) is 1. The second kappa shape index (κ2) is 7.67. The third kappa shape index (κ3) is 3.76. The van der Waals surface area contributed by atoms with Crippen molar-refractivity contribution in [2.45, 2.75) is 50.5 Å². The Kier molecular flexibility index (Phi) is 4.79. The molecule has 0 aliphatic heterocycles. The third-order valence-electron chi connectivity index (χ3n) is 7.10. The Morgan fingerprint density at radius 3 is 2.61 bits per heavy atom. The molecular weight excluding hydrogens is 428 g/mol. The molecule has 0 radical (unpaired) electrons. The lowest BCUT2D eigenvalue weighted by molar-refractivity contribution is -0.00555. The molecule has 8 heteroatoms. The van der Waals surface area contributed by atoms with Gasteiger partial charge in [0.05, 0.1) is 11.2 Å². The number of thiazole rings is 1. The summed E-state index contributed by atoms with van der Waals surface area (Å²) in [6.45, 7) is 0.388. The van der Waals surface area contributed by atoms with Gasteiger partial charge >= 0.3 is 0 Å². The number of benzene rings is 1. The highest BCUT2D eigenvalue weighted by atomic mass is 32.1. The Bertz CT molecular complexity index is 1060. The first-order valence-electron chi connectivity index (χ1n) is 10.9. The molecule has 3 aromatic rings. The summed E-state index contributed by atoms with van der Waals surface area (Å²) in [7, 11) is 0. The fourth-order valence-corrected chi connectivity index (χ4v) is 7.72. The predicted octanol–water partition coefficient (Wildman–Crippen LogP) is 5.29. The van der Waals surface area contributed by atoms with Crippen LogP contribution in [0.3, 0.4) is 0 Å². The summed E-state index contributed by atoms with van der Waals surface area (Å²) in [6, 6.07) is 7.21. The van der Waals surface area contributed by atoms with E-state index < -0.39 is 0 Å². The standard InChI is InChI=1S/C23H24N4O2S2/c28-20(17-2-1-3-19(7-17)29-11-18-12-30-13-24-18)25-22-27-26-21(31-22)23-8-14-4-15(9-23)6-16(5-14)10-23/h1-3,7,12-16H,4-6,8-11H2,(H,25,27,28). The fraction of sp³-hybridized carbons (Fsp3) is 0.478. The van der Waals surface area contributed by atoms with Crippen LogP contribution >= 0.6 is 22.7 Å². The highest BCUT2D eigenvalue weighted by molar-refractivity contribution is 7.15. The van der Waals surface area contributed by atoms with E-state index in [0.29, 0.717) is 23.1 Å². The summed E-state index contributed by atoms with van der Waals surface area (Å²) in [5.74, 6) is 3.04. The van der Waals surface area contributed by atoms with Crippen LogP contribution in [0, 0.1) is 17.8 Å². The lowest BCUT2D eigenvalue weighted by Gasteiger charge is -2.55. The van der Waals surface area contributed by atoms with Crippen LogP contribution in [0.2, 0.25) is 0 Å². The van der Waals surface area contributed by atoms with Gasteiger partial charge < -0.3 is 4.74 Å². The number of rotatable bonds is 6. The molecule has 1 amide bonds. The lowest BCUT2D eigenvalue weighted by Crippen LogP contribution is -2.48.